The van der Waals surface area contributed by atoms with E-state index in [1.807, 2.05) is 0 Å². The average Bonchev–Trinajstić information content (AvgIpc) is 3.10. The van der Waals surface area contributed by atoms with Crippen LogP contribution in [-0.2, 0) is 7.05 Å². The highest BCUT2D eigenvalue weighted by Gasteiger charge is 2.20. The molecule has 0 bridgehead atoms. The fraction of sp³-hybridized carbons (Fsp3) is 0.118. The van der Waals surface area contributed by atoms with E-state index in [1.165, 1.54) is 17.9 Å². The first-order valence-corrected chi connectivity index (χ1v) is 8.63. The maximum atomic E-state index is 12.8. The summed E-state index contributed by atoms with van der Waals surface area (Å²) in [7, 11) is 3.18. The molecule has 1 aromatic carbocycles. The number of hydrogen-bond acceptors (Lipinski definition) is 6. The third kappa shape index (κ3) is 2.81. The second-order valence-corrected chi connectivity index (χ2v) is 6.58. The van der Waals surface area contributed by atoms with Gasteiger partial charge in [-0.2, -0.15) is 4.52 Å². The van der Waals surface area contributed by atoms with E-state index in [0.29, 0.717) is 43.7 Å². The summed E-state index contributed by atoms with van der Waals surface area (Å²) in [6.07, 6.45) is 3.10. The molecule has 0 radical (unpaired) electrons. The van der Waals surface area contributed by atoms with Crippen LogP contribution in [0.3, 0.4) is 0 Å². The van der Waals surface area contributed by atoms with Gasteiger partial charge in [-0.25, -0.2) is 0 Å². The summed E-state index contributed by atoms with van der Waals surface area (Å²) in [6, 6.07) is 6.92. The Morgan fingerprint density at radius 2 is 2.15 bits per heavy atom. The van der Waals surface area contributed by atoms with Gasteiger partial charge in [0, 0.05) is 13.2 Å². The zero-order valence-electron chi connectivity index (χ0n) is 14.3. The number of fused-ring (bicyclic) bond motifs is 3. The molecule has 0 saturated carbocycles. The fourth-order valence-corrected chi connectivity index (χ4v) is 3.32. The first kappa shape index (κ1) is 17.4. The van der Waals surface area contributed by atoms with Crippen LogP contribution in [0, 0.1) is 0 Å². The van der Waals surface area contributed by atoms with Gasteiger partial charge in [0.05, 0.1) is 29.4 Å². The molecule has 3 aromatic heterocycles. The molecule has 0 unspecified atom stereocenters. The van der Waals surface area contributed by atoms with Crippen LogP contribution in [0.15, 0.2) is 41.5 Å². The van der Waals surface area contributed by atoms with Crippen LogP contribution in [0.1, 0.15) is 5.69 Å². The van der Waals surface area contributed by atoms with Crippen LogP contribution in [-0.4, -0.2) is 36.5 Å². The van der Waals surface area contributed by atoms with Crippen molar-refractivity contribution >= 4 is 51.0 Å². The van der Waals surface area contributed by atoms with Crippen LogP contribution >= 0.6 is 23.8 Å². The standard InChI is InChI=1S/C17H13ClN6O2S/c1-23-16-13(15(27)20-10-6-9(18)7-19-8-10)21-22-24(16)14-11(17(23)25)4-3-5-12(14)26-2/h3-8H,1-2H3,(H,20,27). The van der Waals surface area contributed by atoms with Gasteiger partial charge < -0.3 is 10.1 Å². The Labute approximate surface area is 163 Å². The lowest BCUT2D eigenvalue weighted by molar-refractivity contribution is 0.418. The average molecular weight is 401 g/mol. The number of nitrogens with zero attached hydrogens (tertiary/aromatic N) is 5. The van der Waals surface area contributed by atoms with Crippen molar-refractivity contribution in [2.45, 2.75) is 0 Å². The van der Waals surface area contributed by atoms with Gasteiger partial charge in [-0.05, 0) is 18.2 Å². The minimum absolute atomic E-state index is 0.202. The Bertz CT molecular complexity index is 1270. The predicted molar refractivity (Wildman–Crippen MR) is 107 cm³/mol. The van der Waals surface area contributed by atoms with Crippen LogP contribution in [0.4, 0.5) is 5.69 Å². The van der Waals surface area contributed by atoms with Crippen molar-refractivity contribution in [1.82, 2.24) is 24.4 Å². The molecule has 0 aliphatic rings. The highest BCUT2D eigenvalue weighted by molar-refractivity contribution is 7.81. The SMILES string of the molecule is COc1cccc2c(=O)n(C)c3c(C(=S)Nc4cncc(Cl)c4)nnn3c12. The molecule has 0 saturated heterocycles. The molecule has 10 heteroatoms. The summed E-state index contributed by atoms with van der Waals surface area (Å²) in [4.78, 5) is 17.1. The van der Waals surface area contributed by atoms with E-state index in [1.54, 1.807) is 42.0 Å². The van der Waals surface area contributed by atoms with Crippen molar-refractivity contribution in [3.63, 3.8) is 0 Å². The number of para-hydroxylation sites is 1. The Morgan fingerprint density at radius 3 is 2.89 bits per heavy atom. The van der Waals surface area contributed by atoms with E-state index >= 15 is 0 Å². The Hall–Kier alpha value is -3.04. The zero-order chi connectivity index (χ0) is 19.1. The maximum Gasteiger partial charge on any atom is 0.261 e. The van der Waals surface area contributed by atoms with Gasteiger partial charge in [0.25, 0.3) is 5.56 Å². The number of pyridine rings is 1. The molecule has 8 nitrogen and oxygen atoms in total. The van der Waals surface area contributed by atoms with E-state index < -0.39 is 0 Å². The van der Waals surface area contributed by atoms with Gasteiger partial charge in [-0.15, -0.1) is 5.10 Å². The van der Waals surface area contributed by atoms with Crippen LogP contribution in [0.25, 0.3) is 16.6 Å². The van der Waals surface area contributed by atoms with Crippen LogP contribution in [0.2, 0.25) is 5.02 Å². The summed E-state index contributed by atoms with van der Waals surface area (Å²) in [5.41, 5.74) is 1.75. The molecule has 0 atom stereocenters. The summed E-state index contributed by atoms with van der Waals surface area (Å²) < 4.78 is 8.41. The zero-order valence-corrected chi connectivity index (χ0v) is 15.9. The second-order valence-electron chi connectivity index (χ2n) is 5.74. The molecule has 27 heavy (non-hydrogen) atoms. The van der Waals surface area contributed by atoms with Crippen molar-refractivity contribution in [3.05, 3.63) is 57.7 Å². The molecular formula is C17H13ClN6O2S. The van der Waals surface area contributed by atoms with Crippen molar-refractivity contribution in [3.8, 4) is 5.75 Å². The summed E-state index contributed by atoms with van der Waals surface area (Å²) in [5, 5.41) is 12.3. The molecule has 0 aliphatic heterocycles. The number of thiocarbonyl (C=S) groups is 1. The lowest BCUT2D eigenvalue weighted by atomic mass is 10.2. The van der Waals surface area contributed by atoms with Crippen molar-refractivity contribution in [2.75, 3.05) is 12.4 Å². The molecule has 0 spiro atoms. The highest BCUT2D eigenvalue weighted by atomic mass is 35.5. The van der Waals surface area contributed by atoms with E-state index in [4.69, 9.17) is 28.6 Å². The molecule has 3 heterocycles. The number of ether oxygens (including phenoxy) is 1. The topological polar surface area (TPSA) is 86.3 Å². The van der Waals surface area contributed by atoms with Gasteiger partial charge in [-0.1, -0.05) is 35.1 Å². The summed E-state index contributed by atoms with van der Waals surface area (Å²) in [6.45, 7) is 0. The Kier molecular flexibility index (Phi) is 4.25. The number of anilines is 1. The van der Waals surface area contributed by atoms with Gasteiger partial charge in [-0.3, -0.25) is 14.3 Å². The lowest BCUT2D eigenvalue weighted by Crippen LogP contribution is -2.22. The molecule has 136 valence electrons. The third-order valence-corrected chi connectivity index (χ3v) is 4.61. The van der Waals surface area contributed by atoms with Crippen LogP contribution in [0.5, 0.6) is 5.75 Å². The number of methoxy groups -OCH3 is 1. The highest BCUT2D eigenvalue weighted by Crippen LogP contribution is 2.25. The lowest BCUT2D eigenvalue weighted by Gasteiger charge is -2.11. The normalized spacial score (nSPS) is 11.1. The number of hydrogen-bond donors (Lipinski definition) is 1. The predicted octanol–water partition coefficient (Wildman–Crippen LogP) is 2.43. The summed E-state index contributed by atoms with van der Waals surface area (Å²) in [5.74, 6) is 0.518. The molecule has 4 rings (SSSR count). The minimum Gasteiger partial charge on any atom is -0.494 e. The number of rotatable bonds is 3. The van der Waals surface area contributed by atoms with E-state index in [-0.39, 0.29) is 5.56 Å². The van der Waals surface area contributed by atoms with Gasteiger partial charge in [0.1, 0.15) is 16.3 Å². The van der Waals surface area contributed by atoms with Crippen LogP contribution < -0.4 is 15.6 Å². The second kappa shape index (κ2) is 6.60. The van der Waals surface area contributed by atoms with Gasteiger partial charge in [0.15, 0.2) is 11.3 Å². The minimum atomic E-state index is -0.202. The molecule has 0 amide bonds. The first-order chi connectivity index (χ1) is 13.0. The van der Waals surface area contributed by atoms with E-state index in [2.05, 4.69) is 20.6 Å². The number of nitrogens with one attached hydrogen (secondary N) is 1. The summed E-state index contributed by atoms with van der Waals surface area (Å²) >= 11 is 11.4. The smallest absolute Gasteiger partial charge is 0.261 e. The van der Waals surface area contributed by atoms with Crippen molar-refractivity contribution in [2.24, 2.45) is 7.05 Å². The Morgan fingerprint density at radius 1 is 1.33 bits per heavy atom. The maximum absolute atomic E-state index is 12.8. The monoisotopic (exact) mass is 400 g/mol. The largest absolute Gasteiger partial charge is 0.494 e. The number of aromatic nitrogens is 5. The van der Waals surface area contributed by atoms with E-state index in [0.717, 1.165) is 0 Å². The van der Waals surface area contributed by atoms with Gasteiger partial charge >= 0.3 is 0 Å². The molecular weight excluding hydrogens is 388 g/mol. The molecule has 0 aliphatic carbocycles. The van der Waals surface area contributed by atoms with Gasteiger partial charge in [0.2, 0.25) is 0 Å². The molecule has 1 N–H and O–H groups in total. The fourth-order valence-electron chi connectivity index (χ4n) is 2.90. The molecule has 0 fully saturated rings. The number of benzene rings is 1. The van der Waals surface area contributed by atoms with E-state index in [9.17, 15) is 4.79 Å². The first-order valence-electron chi connectivity index (χ1n) is 7.84. The third-order valence-electron chi connectivity index (χ3n) is 4.11. The van der Waals surface area contributed by atoms with Crippen molar-refractivity contribution in [1.29, 1.82) is 0 Å². The number of aryl methyl sites for hydroxylation is 1. The quantitative estimate of drug-likeness (QED) is 0.528. The van der Waals surface area contributed by atoms with Crippen molar-refractivity contribution < 1.29 is 4.74 Å². The Balaban J connectivity index is 1.93. The number of halogens is 1. The molecule has 4 aromatic rings.